The lowest BCUT2D eigenvalue weighted by molar-refractivity contribution is 0.634. The fraction of sp³-hybridized carbons (Fsp3) is 0.333. The number of nitrogens with two attached hydrogens (primary N) is 1. The van der Waals surface area contributed by atoms with Gasteiger partial charge in [0.25, 0.3) is 0 Å². The molecule has 0 aromatic heterocycles. The van der Waals surface area contributed by atoms with Crippen molar-refractivity contribution < 1.29 is 0 Å². The quantitative estimate of drug-likeness (QED) is 0.695. The third-order valence-electron chi connectivity index (χ3n) is 3.64. The summed E-state index contributed by atoms with van der Waals surface area (Å²) < 4.78 is 1.10. The van der Waals surface area contributed by atoms with Crippen LogP contribution < -0.4 is 5.73 Å². The molecule has 3 heteroatoms. The molecule has 0 fully saturated rings. The van der Waals surface area contributed by atoms with E-state index in [1.807, 2.05) is 11.8 Å². The molecule has 2 aromatic rings. The Morgan fingerprint density at radius 3 is 2.33 bits per heavy atom. The first-order valence-corrected chi connectivity index (χ1v) is 8.93. The van der Waals surface area contributed by atoms with Crippen molar-refractivity contribution >= 4 is 27.7 Å². The van der Waals surface area contributed by atoms with E-state index in [9.17, 15) is 0 Å². The first-order valence-electron chi connectivity index (χ1n) is 7.26. The van der Waals surface area contributed by atoms with Gasteiger partial charge in [0.05, 0.1) is 0 Å². The van der Waals surface area contributed by atoms with Gasteiger partial charge in [-0.15, -0.1) is 11.8 Å². The molecule has 0 aliphatic carbocycles. The number of rotatable bonds is 5. The lowest BCUT2D eigenvalue weighted by atomic mass is 10.0. The molecular formula is C18H22BrNS. The summed E-state index contributed by atoms with van der Waals surface area (Å²) >= 11 is 5.37. The molecule has 0 bridgehead atoms. The molecule has 0 amide bonds. The molecule has 0 aliphatic rings. The van der Waals surface area contributed by atoms with Gasteiger partial charge in [-0.1, -0.05) is 52.7 Å². The lowest BCUT2D eigenvalue weighted by Crippen LogP contribution is -2.25. The van der Waals surface area contributed by atoms with E-state index in [0.717, 1.165) is 10.9 Å². The molecule has 0 saturated heterocycles. The second kappa shape index (κ2) is 7.48. The van der Waals surface area contributed by atoms with Crippen molar-refractivity contribution in [3.8, 4) is 0 Å². The van der Waals surface area contributed by atoms with Gasteiger partial charge in [-0.25, -0.2) is 0 Å². The Labute approximate surface area is 140 Å². The molecule has 2 aromatic carbocycles. The fourth-order valence-electron chi connectivity index (χ4n) is 2.34. The normalized spacial score (nSPS) is 14.0. The zero-order valence-corrected chi connectivity index (χ0v) is 15.2. The summed E-state index contributed by atoms with van der Waals surface area (Å²) in [6, 6.07) is 15.3. The van der Waals surface area contributed by atoms with Crippen molar-refractivity contribution in [3.05, 3.63) is 63.6 Å². The van der Waals surface area contributed by atoms with E-state index < -0.39 is 0 Å². The predicted molar refractivity (Wildman–Crippen MR) is 96.9 cm³/mol. The van der Waals surface area contributed by atoms with Gasteiger partial charge in [-0.2, -0.15) is 0 Å². The van der Waals surface area contributed by atoms with Crippen molar-refractivity contribution in [1.82, 2.24) is 0 Å². The maximum Gasteiger partial charge on any atom is 0.0495 e. The zero-order chi connectivity index (χ0) is 15.4. The lowest BCUT2D eigenvalue weighted by Gasteiger charge is -2.24. The van der Waals surface area contributed by atoms with Crippen LogP contribution in [-0.4, -0.2) is 6.04 Å². The van der Waals surface area contributed by atoms with Gasteiger partial charge in [-0.3, -0.25) is 0 Å². The molecule has 1 nitrogen and oxygen atoms in total. The Balaban J connectivity index is 2.30. The summed E-state index contributed by atoms with van der Waals surface area (Å²) in [6.07, 6.45) is 0.971. The largest absolute Gasteiger partial charge is 0.326 e. The first kappa shape index (κ1) is 16.6. The van der Waals surface area contributed by atoms with Crippen LogP contribution in [0.3, 0.4) is 0 Å². The minimum absolute atomic E-state index is 0.150. The Kier molecular flexibility index (Phi) is 5.91. The standard InChI is InChI=1S/C18H22BrNS/c1-4-16(20)18(14-6-8-15(19)9-7-14)21-17-10-5-12(2)11-13(17)3/h5-11,16,18H,4,20H2,1-3H3. The van der Waals surface area contributed by atoms with E-state index >= 15 is 0 Å². The first-order chi connectivity index (χ1) is 10.0. The second-order valence-corrected chi connectivity index (χ2v) is 7.53. The monoisotopic (exact) mass is 363 g/mol. The number of hydrogen-bond acceptors (Lipinski definition) is 2. The second-order valence-electron chi connectivity index (χ2n) is 5.43. The molecule has 0 saturated carbocycles. The maximum atomic E-state index is 6.38. The van der Waals surface area contributed by atoms with Crippen molar-refractivity contribution in [2.75, 3.05) is 0 Å². The number of halogens is 1. The summed E-state index contributed by atoms with van der Waals surface area (Å²) in [6.45, 7) is 6.45. The third kappa shape index (κ3) is 4.35. The average molecular weight is 364 g/mol. The van der Waals surface area contributed by atoms with E-state index in [1.165, 1.54) is 21.6 Å². The van der Waals surface area contributed by atoms with E-state index in [-0.39, 0.29) is 11.3 Å². The predicted octanol–water partition coefficient (Wildman–Crippen LogP) is 5.64. The third-order valence-corrected chi connectivity index (χ3v) is 5.76. The highest BCUT2D eigenvalue weighted by Gasteiger charge is 2.20. The Hall–Kier alpha value is -0.770. The van der Waals surface area contributed by atoms with Crippen molar-refractivity contribution in [2.45, 2.75) is 43.4 Å². The summed E-state index contributed by atoms with van der Waals surface area (Å²) in [7, 11) is 0. The van der Waals surface area contributed by atoms with Gasteiger partial charge in [0, 0.05) is 20.7 Å². The number of benzene rings is 2. The van der Waals surface area contributed by atoms with Crippen LogP contribution in [0.15, 0.2) is 51.8 Å². The SMILES string of the molecule is CCC(N)C(Sc1ccc(C)cc1C)c1ccc(Br)cc1. The zero-order valence-electron chi connectivity index (χ0n) is 12.8. The highest BCUT2D eigenvalue weighted by Crippen LogP contribution is 2.39. The van der Waals surface area contributed by atoms with Crippen LogP contribution in [-0.2, 0) is 0 Å². The van der Waals surface area contributed by atoms with Crippen LogP contribution >= 0.6 is 27.7 Å². The van der Waals surface area contributed by atoms with E-state index in [4.69, 9.17) is 5.73 Å². The summed E-state index contributed by atoms with van der Waals surface area (Å²) in [5.74, 6) is 0. The van der Waals surface area contributed by atoms with E-state index in [2.05, 4.69) is 79.2 Å². The number of thioether (sulfide) groups is 1. The highest BCUT2D eigenvalue weighted by molar-refractivity contribution is 9.10. The number of aryl methyl sites for hydroxylation is 2. The van der Waals surface area contributed by atoms with Crippen molar-refractivity contribution in [3.63, 3.8) is 0 Å². The summed E-state index contributed by atoms with van der Waals surface area (Å²) in [4.78, 5) is 1.32. The van der Waals surface area contributed by atoms with Crippen molar-refractivity contribution in [2.24, 2.45) is 5.73 Å². The minimum Gasteiger partial charge on any atom is -0.326 e. The topological polar surface area (TPSA) is 26.0 Å². The minimum atomic E-state index is 0.150. The Morgan fingerprint density at radius 1 is 1.10 bits per heavy atom. The highest BCUT2D eigenvalue weighted by atomic mass is 79.9. The summed E-state index contributed by atoms with van der Waals surface area (Å²) in [5.41, 5.74) is 10.3. The molecule has 0 heterocycles. The van der Waals surface area contributed by atoms with Crippen LogP contribution in [0.4, 0.5) is 0 Å². The molecule has 0 radical (unpaired) electrons. The molecule has 21 heavy (non-hydrogen) atoms. The van der Waals surface area contributed by atoms with Crippen LogP contribution in [0.1, 0.15) is 35.3 Å². The van der Waals surface area contributed by atoms with Gasteiger partial charge in [0.2, 0.25) is 0 Å². The molecule has 2 rings (SSSR count). The van der Waals surface area contributed by atoms with Crippen molar-refractivity contribution in [1.29, 1.82) is 0 Å². The molecule has 2 atom stereocenters. The Morgan fingerprint density at radius 2 is 1.76 bits per heavy atom. The average Bonchev–Trinajstić information content (AvgIpc) is 2.47. The van der Waals surface area contributed by atoms with Gasteiger partial charge in [0.1, 0.15) is 0 Å². The smallest absolute Gasteiger partial charge is 0.0495 e. The van der Waals surface area contributed by atoms with Crippen LogP contribution in [0.5, 0.6) is 0 Å². The van der Waals surface area contributed by atoms with Crippen LogP contribution in [0.25, 0.3) is 0 Å². The van der Waals surface area contributed by atoms with Gasteiger partial charge in [-0.05, 0) is 49.6 Å². The molecule has 2 unspecified atom stereocenters. The Bertz CT molecular complexity index is 595. The molecule has 112 valence electrons. The van der Waals surface area contributed by atoms with E-state index in [1.54, 1.807) is 0 Å². The molecular weight excluding hydrogens is 342 g/mol. The molecule has 2 N–H and O–H groups in total. The van der Waals surface area contributed by atoms with Gasteiger partial charge in [0.15, 0.2) is 0 Å². The van der Waals surface area contributed by atoms with E-state index in [0.29, 0.717) is 0 Å². The van der Waals surface area contributed by atoms with Crippen LogP contribution in [0, 0.1) is 13.8 Å². The summed E-state index contributed by atoms with van der Waals surface area (Å²) in [5, 5.41) is 0.282. The fourth-order valence-corrected chi connectivity index (χ4v) is 3.93. The van der Waals surface area contributed by atoms with Crippen LogP contribution in [0.2, 0.25) is 0 Å². The maximum absolute atomic E-state index is 6.38. The van der Waals surface area contributed by atoms with Gasteiger partial charge >= 0.3 is 0 Å². The molecule has 0 spiro atoms. The molecule has 0 aliphatic heterocycles. The number of hydrogen-bond donors (Lipinski definition) is 1. The van der Waals surface area contributed by atoms with Gasteiger partial charge < -0.3 is 5.73 Å².